The van der Waals surface area contributed by atoms with Gasteiger partial charge < -0.3 is 0 Å². The predicted molar refractivity (Wildman–Crippen MR) is 87.6 cm³/mol. The molecule has 3 rings (SSSR count). The van der Waals surface area contributed by atoms with E-state index in [1.807, 2.05) is 0 Å². The maximum absolute atomic E-state index is 12.6. The lowest BCUT2D eigenvalue weighted by atomic mass is 10.1. The number of hydrogen-bond acceptors (Lipinski definition) is 6. The fourth-order valence-corrected chi connectivity index (χ4v) is 2.68. The van der Waals surface area contributed by atoms with E-state index in [9.17, 15) is 9.59 Å². The third kappa shape index (κ3) is 2.76. The van der Waals surface area contributed by atoms with Crippen LogP contribution in [0.15, 0.2) is 35.2 Å². The van der Waals surface area contributed by atoms with Gasteiger partial charge in [0, 0.05) is 10.4 Å². The van der Waals surface area contributed by atoms with Gasteiger partial charge in [-0.2, -0.15) is 0 Å². The first-order valence-corrected chi connectivity index (χ1v) is 7.62. The number of thiocarbonyl (C=S) groups is 1. The molecule has 0 atom stereocenters. The first-order valence-electron chi connectivity index (χ1n) is 6.00. The predicted octanol–water partition coefficient (Wildman–Crippen LogP) is 2.02. The Hall–Kier alpha value is -2.16. The second-order valence-corrected chi connectivity index (χ2v) is 5.70. The molecular weight excluding hydrogens is 344 g/mol. The minimum absolute atomic E-state index is 0.0193. The van der Waals surface area contributed by atoms with Crippen molar-refractivity contribution in [3.63, 3.8) is 0 Å². The molecule has 6 nitrogen and oxygen atoms in total. The molecule has 1 saturated heterocycles. The quantitative estimate of drug-likeness (QED) is 0.509. The number of halogens is 1. The number of amides is 2. The first-order chi connectivity index (χ1) is 10.6. The van der Waals surface area contributed by atoms with Gasteiger partial charge in [0.25, 0.3) is 11.8 Å². The molecule has 1 fully saturated rings. The molecule has 2 amide bonds. The Morgan fingerprint density at radius 2 is 2.00 bits per heavy atom. The van der Waals surface area contributed by atoms with Crippen LogP contribution in [0.1, 0.15) is 5.69 Å². The Kier molecular flexibility index (Phi) is 3.97. The van der Waals surface area contributed by atoms with Crippen LogP contribution in [0.4, 0.5) is 5.69 Å². The van der Waals surface area contributed by atoms with Gasteiger partial charge in [0.05, 0.1) is 11.4 Å². The summed E-state index contributed by atoms with van der Waals surface area (Å²) in [6.45, 7) is 0. The number of carbonyl (C=O) groups is 2. The summed E-state index contributed by atoms with van der Waals surface area (Å²) in [4.78, 5) is 25.8. The van der Waals surface area contributed by atoms with Crippen LogP contribution in [0.3, 0.4) is 0 Å². The zero-order chi connectivity index (χ0) is 15.7. The van der Waals surface area contributed by atoms with Crippen molar-refractivity contribution in [3.05, 3.63) is 45.9 Å². The normalized spacial score (nSPS) is 17.0. The fraction of sp³-hybridized carbons (Fsp3) is 0. The third-order valence-corrected chi connectivity index (χ3v) is 3.92. The lowest BCUT2D eigenvalue weighted by Crippen LogP contribution is -2.54. The maximum atomic E-state index is 12.6. The number of anilines is 1. The molecule has 1 N–H and O–H groups in total. The number of nitrogens with zero attached hydrogens (tertiary/aromatic N) is 3. The van der Waals surface area contributed by atoms with E-state index in [-0.39, 0.29) is 10.7 Å². The molecule has 1 aromatic heterocycles. The van der Waals surface area contributed by atoms with Gasteiger partial charge in [-0.3, -0.25) is 19.8 Å². The number of nitrogens with one attached hydrogen (secondary N) is 1. The summed E-state index contributed by atoms with van der Waals surface area (Å²) < 4.78 is 3.69. The molecule has 1 aromatic carbocycles. The van der Waals surface area contributed by atoms with E-state index in [2.05, 4.69) is 14.9 Å². The fourth-order valence-electron chi connectivity index (χ4n) is 1.86. The molecular formula is C13H7ClN4O2S2. The van der Waals surface area contributed by atoms with Crippen LogP contribution in [-0.2, 0) is 9.59 Å². The molecule has 0 bridgehead atoms. The van der Waals surface area contributed by atoms with Crippen molar-refractivity contribution in [2.45, 2.75) is 0 Å². The van der Waals surface area contributed by atoms with E-state index < -0.39 is 11.8 Å². The molecule has 0 saturated carbocycles. The van der Waals surface area contributed by atoms with E-state index in [0.717, 1.165) is 11.5 Å². The summed E-state index contributed by atoms with van der Waals surface area (Å²) in [5.41, 5.74) is 0.894. The molecule has 0 spiro atoms. The van der Waals surface area contributed by atoms with Gasteiger partial charge in [-0.05, 0) is 54.1 Å². The highest BCUT2D eigenvalue weighted by Gasteiger charge is 2.34. The third-order valence-electron chi connectivity index (χ3n) is 2.86. The van der Waals surface area contributed by atoms with E-state index in [4.69, 9.17) is 23.8 Å². The first kappa shape index (κ1) is 14.8. The van der Waals surface area contributed by atoms with Gasteiger partial charge in [-0.1, -0.05) is 16.1 Å². The van der Waals surface area contributed by atoms with Crippen LogP contribution >= 0.6 is 35.4 Å². The Morgan fingerprint density at radius 3 is 2.64 bits per heavy atom. The van der Waals surface area contributed by atoms with Crippen LogP contribution in [-0.4, -0.2) is 26.5 Å². The second kappa shape index (κ2) is 5.91. The van der Waals surface area contributed by atoms with Gasteiger partial charge >= 0.3 is 0 Å². The average molecular weight is 351 g/mol. The molecule has 2 heterocycles. The van der Waals surface area contributed by atoms with Crippen LogP contribution in [0.2, 0.25) is 5.02 Å². The van der Waals surface area contributed by atoms with E-state index in [0.29, 0.717) is 16.4 Å². The van der Waals surface area contributed by atoms with Gasteiger partial charge in [-0.15, -0.1) is 5.10 Å². The van der Waals surface area contributed by atoms with Crippen LogP contribution in [0.5, 0.6) is 0 Å². The van der Waals surface area contributed by atoms with Crippen LogP contribution < -0.4 is 10.2 Å². The summed E-state index contributed by atoms with van der Waals surface area (Å²) in [7, 11) is 0. The maximum Gasteiger partial charge on any atom is 0.270 e. The minimum Gasteiger partial charge on any atom is -0.298 e. The van der Waals surface area contributed by atoms with Crippen LogP contribution in [0, 0.1) is 0 Å². The van der Waals surface area contributed by atoms with Crippen molar-refractivity contribution in [1.82, 2.24) is 14.9 Å². The van der Waals surface area contributed by atoms with E-state index >= 15 is 0 Å². The second-order valence-electron chi connectivity index (χ2n) is 4.26. The largest absolute Gasteiger partial charge is 0.298 e. The van der Waals surface area contributed by atoms with E-state index in [1.54, 1.807) is 29.6 Å². The number of aromatic nitrogens is 2. The van der Waals surface area contributed by atoms with Crippen LogP contribution in [0.25, 0.3) is 6.08 Å². The van der Waals surface area contributed by atoms with Crippen molar-refractivity contribution in [1.29, 1.82) is 0 Å². The molecule has 0 unspecified atom stereocenters. The van der Waals surface area contributed by atoms with Gasteiger partial charge in [0.1, 0.15) is 5.57 Å². The summed E-state index contributed by atoms with van der Waals surface area (Å²) in [5, 5.41) is 8.47. The zero-order valence-corrected chi connectivity index (χ0v) is 13.2. The summed E-state index contributed by atoms with van der Waals surface area (Å²) in [5.74, 6) is -1.09. The van der Waals surface area contributed by atoms with E-state index in [1.165, 1.54) is 11.0 Å². The van der Waals surface area contributed by atoms with Crippen molar-refractivity contribution < 1.29 is 9.59 Å². The lowest BCUT2D eigenvalue weighted by Gasteiger charge is -2.28. The SMILES string of the molecule is O=C1NC(=S)N(c2ccc(Cl)cc2)C(=O)/C1=C/c1csnn1. The number of carbonyl (C=O) groups excluding carboxylic acids is 2. The van der Waals surface area contributed by atoms with Gasteiger partial charge in [0.15, 0.2) is 5.11 Å². The van der Waals surface area contributed by atoms with Crippen molar-refractivity contribution in [3.8, 4) is 0 Å². The van der Waals surface area contributed by atoms with Crippen molar-refractivity contribution in [2.75, 3.05) is 4.90 Å². The highest BCUT2D eigenvalue weighted by molar-refractivity contribution is 7.80. The smallest absolute Gasteiger partial charge is 0.270 e. The number of benzene rings is 1. The van der Waals surface area contributed by atoms with Crippen molar-refractivity contribution >= 4 is 64.0 Å². The molecule has 22 heavy (non-hydrogen) atoms. The summed E-state index contributed by atoms with van der Waals surface area (Å²) in [6, 6.07) is 6.56. The standard InChI is InChI=1S/C13H7ClN4O2S2/c14-7-1-3-9(4-2-7)18-12(20)10(11(19)15-13(18)21)5-8-6-22-17-16-8/h1-6H,(H,15,19,21)/b10-5+. The molecule has 0 radical (unpaired) electrons. The highest BCUT2D eigenvalue weighted by Crippen LogP contribution is 2.23. The van der Waals surface area contributed by atoms with Gasteiger partial charge in [0.2, 0.25) is 0 Å². The van der Waals surface area contributed by atoms with Gasteiger partial charge in [-0.25, -0.2) is 0 Å². The number of hydrogen-bond donors (Lipinski definition) is 1. The summed E-state index contributed by atoms with van der Waals surface area (Å²) >= 11 is 12.0. The Balaban J connectivity index is 2.01. The Morgan fingerprint density at radius 1 is 1.27 bits per heavy atom. The topological polar surface area (TPSA) is 75.2 Å². The molecule has 0 aliphatic carbocycles. The average Bonchev–Trinajstić information content (AvgIpc) is 2.98. The molecule has 1 aliphatic heterocycles. The minimum atomic E-state index is -0.562. The molecule has 1 aliphatic rings. The Labute approximate surface area is 139 Å². The molecule has 110 valence electrons. The lowest BCUT2D eigenvalue weighted by molar-refractivity contribution is -0.122. The molecule has 9 heteroatoms. The molecule has 2 aromatic rings. The van der Waals surface area contributed by atoms with Crippen molar-refractivity contribution in [2.24, 2.45) is 0 Å². The summed E-state index contributed by atoms with van der Waals surface area (Å²) in [6.07, 6.45) is 1.38. The Bertz CT molecular complexity index is 787. The highest BCUT2D eigenvalue weighted by atomic mass is 35.5. The monoisotopic (exact) mass is 350 g/mol. The zero-order valence-electron chi connectivity index (χ0n) is 10.8. The number of rotatable bonds is 2.